The number of aromatic nitrogens is 3. The molecule has 24 heavy (non-hydrogen) atoms. The van der Waals surface area contributed by atoms with Crippen LogP contribution in [0.1, 0.15) is 12.7 Å². The van der Waals surface area contributed by atoms with E-state index in [1.165, 1.54) is 0 Å². The van der Waals surface area contributed by atoms with Crippen LogP contribution in [0.4, 0.5) is 0 Å². The SMILES string of the molecule is CN=C(NCc1nncn1C)NCC(C)Oc1ccccc1OC. The maximum atomic E-state index is 5.90. The summed E-state index contributed by atoms with van der Waals surface area (Å²) in [7, 11) is 5.25. The Morgan fingerprint density at radius 2 is 2.04 bits per heavy atom. The molecule has 1 atom stereocenters. The topological polar surface area (TPSA) is 85.6 Å². The molecule has 2 rings (SSSR count). The van der Waals surface area contributed by atoms with E-state index < -0.39 is 0 Å². The Balaban J connectivity index is 1.81. The Morgan fingerprint density at radius 1 is 1.29 bits per heavy atom. The van der Waals surface area contributed by atoms with Crippen LogP contribution < -0.4 is 20.1 Å². The fourth-order valence-electron chi connectivity index (χ4n) is 2.07. The van der Waals surface area contributed by atoms with Gasteiger partial charge in [-0.05, 0) is 19.1 Å². The summed E-state index contributed by atoms with van der Waals surface area (Å²) in [4.78, 5) is 4.19. The number of methoxy groups -OCH3 is 1. The zero-order chi connectivity index (χ0) is 17.4. The van der Waals surface area contributed by atoms with Gasteiger partial charge in [-0.1, -0.05) is 12.1 Å². The number of aliphatic imine (C=N–C) groups is 1. The van der Waals surface area contributed by atoms with Crippen molar-refractivity contribution < 1.29 is 9.47 Å². The van der Waals surface area contributed by atoms with Crippen LogP contribution in [0, 0.1) is 0 Å². The number of ether oxygens (including phenoxy) is 2. The van der Waals surface area contributed by atoms with Crippen LogP contribution >= 0.6 is 0 Å². The van der Waals surface area contributed by atoms with Gasteiger partial charge in [-0.25, -0.2) is 0 Å². The van der Waals surface area contributed by atoms with Crippen molar-refractivity contribution in [2.24, 2.45) is 12.0 Å². The van der Waals surface area contributed by atoms with Crippen LogP contribution in [0.3, 0.4) is 0 Å². The van der Waals surface area contributed by atoms with Gasteiger partial charge < -0.3 is 24.7 Å². The molecule has 1 aromatic heterocycles. The first-order chi connectivity index (χ1) is 11.6. The van der Waals surface area contributed by atoms with E-state index in [4.69, 9.17) is 9.47 Å². The molecule has 0 amide bonds. The molecular formula is C16H24N6O2. The maximum Gasteiger partial charge on any atom is 0.191 e. The summed E-state index contributed by atoms with van der Waals surface area (Å²) in [6, 6.07) is 7.58. The van der Waals surface area contributed by atoms with Gasteiger partial charge in [0.2, 0.25) is 0 Å². The molecule has 0 radical (unpaired) electrons. The number of nitrogens with zero attached hydrogens (tertiary/aromatic N) is 4. The summed E-state index contributed by atoms with van der Waals surface area (Å²) in [6.07, 6.45) is 1.60. The smallest absolute Gasteiger partial charge is 0.191 e. The van der Waals surface area contributed by atoms with E-state index in [-0.39, 0.29) is 6.10 Å². The van der Waals surface area contributed by atoms with Crippen molar-refractivity contribution in [3.8, 4) is 11.5 Å². The Morgan fingerprint density at radius 3 is 2.67 bits per heavy atom. The lowest BCUT2D eigenvalue weighted by molar-refractivity contribution is 0.213. The standard InChI is InChI=1S/C16H24N6O2/c1-12(24-14-8-6-5-7-13(14)23-4)9-18-16(17-2)19-10-15-21-20-11-22(15)3/h5-8,11-12H,9-10H2,1-4H3,(H2,17,18,19). The molecule has 130 valence electrons. The van der Waals surface area contributed by atoms with Crippen molar-refractivity contribution in [3.05, 3.63) is 36.4 Å². The van der Waals surface area contributed by atoms with Gasteiger partial charge in [-0.15, -0.1) is 10.2 Å². The maximum absolute atomic E-state index is 5.90. The number of rotatable bonds is 7. The van der Waals surface area contributed by atoms with E-state index in [9.17, 15) is 0 Å². The molecule has 1 heterocycles. The van der Waals surface area contributed by atoms with Gasteiger partial charge in [0, 0.05) is 14.1 Å². The number of aryl methyl sites for hydroxylation is 1. The van der Waals surface area contributed by atoms with Gasteiger partial charge in [-0.3, -0.25) is 4.99 Å². The first kappa shape index (κ1) is 17.6. The second-order valence-electron chi connectivity index (χ2n) is 5.24. The molecule has 0 spiro atoms. The van der Waals surface area contributed by atoms with Crippen LogP contribution in [0.25, 0.3) is 0 Å². The Labute approximate surface area is 141 Å². The highest BCUT2D eigenvalue weighted by atomic mass is 16.5. The van der Waals surface area contributed by atoms with Crippen molar-refractivity contribution >= 4 is 5.96 Å². The molecule has 2 aromatic rings. The molecule has 0 aliphatic carbocycles. The molecule has 1 aromatic carbocycles. The molecule has 8 heteroatoms. The number of nitrogens with one attached hydrogen (secondary N) is 2. The number of hydrogen-bond donors (Lipinski definition) is 2. The molecule has 0 fully saturated rings. The molecule has 0 saturated carbocycles. The van der Waals surface area contributed by atoms with Crippen molar-refractivity contribution in [3.63, 3.8) is 0 Å². The van der Waals surface area contributed by atoms with Gasteiger partial charge in [0.15, 0.2) is 23.3 Å². The van der Waals surface area contributed by atoms with E-state index in [2.05, 4.69) is 25.8 Å². The molecule has 2 N–H and O–H groups in total. The Bertz CT molecular complexity index is 670. The minimum atomic E-state index is -0.0605. The first-order valence-corrected chi connectivity index (χ1v) is 7.71. The minimum Gasteiger partial charge on any atom is -0.493 e. The summed E-state index contributed by atoms with van der Waals surface area (Å²) in [6.45, 7) is 3.11. The highest BCUT2D eigenvalue weighted by Gasteiger charge is 2.09. The highest BCUT2D eigenvalue weighted by Crippen LogP contribution is 2.26. The quantitative estimate of drug-likeness (QED) is 0.580. The average Bonchev–Trinajstić information content (AvgIpc) is 3.00. The number of para-hydroxylation sites is 2. The summed E-state index contributed by atoms with van der Waals surface area (Å²) < 4.78 is 13.0. The van der Waals surface area contributed by atoms with E-state index in [1.54, 1.807) is 20.5 Å². The molecule has 0 aliphatic rings. The lowest BCUT2D eigenvalue weighted by atomic mass is 10.3. The van der Waals surface area contributed by atoms with Crippen molar-refractivity contribution in [1.29, 1.82) is 0 Å². The van der Waals surface area contributed by atoms with Crippen molar-refractivity contribution in [2.45, 2.75) is 19.6 Å². The first-order valence-electron chi connectivity index (χ1n) is 7.71. The zero-order valence-corrected chi connectivity index (χ0v) is 14.5. The predicted octanol–water partition coefficient (Wildman–Crippen LogP) is 0.956. The van der Waals surface area contributed by atoms with Gasteiger partial charge >= 0.3 is 0 Å². The summed E-state index contributed by atoms with van der Waals surface area (Å²) in [5, 5.41) is 14.3. The molecule has 0 saturated heterocycles. The van der Waals surface area contributed by atoms with E-state index in [0.717, 1.165) is 11.6 Å². The molecule has 0 bridgehead atoms. The van der Waals surface area contributed by atoms with Gasteiger partial charge in [0.25, 0.3) is 0 Å². The third kappa shape index (κ3) is 4.87. The normalized spacial score (nSPS) is 12.6. The second kappa shape index (κ2) is 8.76. The lowest BCUT2D eigenvalue weighted by Gasteiger charge is -2.19. The predicted molar refractivity (Wildman–Crippen MR) is 92.3 cm³/mol. The van der Waals surface area contributed by atoms with Gasteiger partial charge in [0.05, 0.1) is 20.2 Å². The van der Waals surface area contributed by atoms with Crippen LogP contribution in [-0.2, 0) is 13.6 Å². The summed E-state index contributed by atoms with van der Waals surface area (Å²) in [5.41, 5.74) is 0. The van der Waals surface area contributed by atoms with Gasteiger partial charge in [0.1, 0.15) is 12.4 Å². The van der Waals surface area contributed by atoms with Crippen LogP contribution in [-0.4, -0.2) is 47.5 Å². The average molecular weight is 332 g/mol. The third-order valence-electron chi connectivity index (χ3n) is 3.40. The number of guanidine groups is 1. The molecule has 1 unspecified atom stereocenters. The van der Waals surface area contributed by atoms with E-state index in [0.29, 0.717) is 24.8 Å². The Kier molecular flexibility index (Phi) is 6.41. The van der Waals surface area contributed by atoms with Crippen LogP contribution in [0.15, 0.2) is 35.6 Å². The Hall–Kier alpha value is -2.77. The van der Waals surface area contributed by atoms with Gasteiger partial charge in [-0.2, -0.15) is 0 Å². The fourth-order valence-corrected chi connectivity index (χ4v) is 2.07. The second-order valence-corrected chi connectivity index (χ2v) is 5.24. The zero-order valence-electron chi connectivity index (χ0n) is 14.5. The highest BCUT2D eigenvalue weighted by molar-refractivity contribution is 5.79. The van der Waals surface area contributed by atoms with E-state index >= 15 is 0 Å². The van der Waals surface area contributed by atoms with Crippen LogP contribution in [0.5, 0.6) is 11.5 Å². The van der Waals surface area contributed by atoms with E-state index in [1.807, 2.05) is 42.8 Å². The third-order valence-corrected chi connectivity index (χ3v) is 3.40. The molecule has 8 nitrogen and oxygen atoms in total. The number of hydrogen-bond acceptors (Lipinski definition) is 5. The largest absolute Gasteiger partial charge is 0.493 e. The van der Waals surface area contributed by atoms with Crippen molar-refractivity contribution in [1.82, 2.24) is 25.4 Å². The lowest BCUT2D eigenvalue weighted by Crippen LogP contribution is -2.41. The monoisotopic (exact) mass is 332 g/mol. The number of benzene rings is 1. The fraction of sp³-hybridized carbons (Fsp3) is 0.438. The summed E-state index contributed by atoms with van der Waals surface area (Å²) in [5.74, 6) is 2.94. The molecular weight excluding hydrogens is 308 g/mol. The van der Waals surface area contributed by atoms with Crippen LogP contribution in [0.2, 0.25) is 0 Å². The molecule has 0 aliphatic heterocycles. The summed E-state index contributed by atoms with van der Waals surface area (Å²) >= 11 is 0. The minimum absolute atomic E-state index is 0.0605. The van der Waals surface area contributed by atoms with Crippen molar-refractivity contribution in [2.75, 3.05) is 20.7 Å².